The monoisotopic (exact) mass is 354 g/mol. The van der Waals surface area contributed by atoms with E-state index in [4.69, 9.17) is 11.6 Å². The summed E-state index contributed by atoms with van der Waals surface area (Å²) in [5.41, 5.74) is 2.65. The molecule has 0 bridgehead atoms. The van der Waals surface area contributed by atoms with Crippen molar-refractivity contribution in [1.82, 2.24) is 9.97 Å². The summed E-state index contributed by atoms with van der Waals surface area (Å²) in [7, 11) is 0. The van der Waals surface area contributed by atoms with Gasteiger partial charge in [0.25, 0.3) is 0 Å². The number of thiophene rings is 1. The molecule has 24 heavy (non-hydrogen) atoms. The van der Waals surface area contributed by atoms with Crippen LogP contribution in [0.25, 0.3) is 10.2 Å². The van der Waals surface area contributed by atoms with Crippen molar-refractivity contribution < 1.29 is 0 Å². The van der Waals surface area contributed by atoms with Gasteiger partial charge in [0.05, 0.1) is 16.6 Å². The standard InChI is InChI=1S/C18H15ClN4S/c1-10-6-7-12-14(8-10)24-17-15(12)16(22-18(19)23-17)21-13-5-3-2-4-11(13)9-20/h2-5,10H,6-8H2,1H3,(H,21,22,23). The highest BCUT2D eigenvalue weighted by atomic mass is 35.5. The first kappa shape index (κ1) is 15.4. The third kappa shape index (κ3) is 2.62. The van der Waals surface area contributed by atoms with Crippen LogP contribution in [0.15, 0.2) is 24.3 Å². The average Bonchev–Trinajstić information content (AvgIpc) is 2.92. The predicted octanol–water partition coefficient (Wildman–Crippen LogP) is 5.08. The van der Waals surface area contributed by atoms with Gasteiger partial charge in [-0.05, 0) is 54.5 Å². The molecule has 0 saturated carbocycles. The molecule has 0 fully saturated rings. The van der Waals surface area contributed by atoms with Gasteiger partial charge in [-0.15, -0.1) is 11.3 Å². The molecule has 1 aromatic carbocycles. The zero-order valence-corrected chi connectivity index (χ0v) is 14.7. The minimum Gasteiger partial charge on any atom is -0.338 e. The summed E-state index contributed by atoms with van der Waals surface area (Å²) in [6, 6.07) is 9.61. The number of hydrogen-bond acceptors (Lipinski definition) is 5. The Balaban J connectivity index is 1.87. The Labute approximate surface area is 149 Å². The third-order valence-electron chi connectivity index (χ3n) is 4.43. The van der Waals surface area contributed by atoms with Gasteiger partial charge in [0.15, 0.2) is 0 Å². The molecule has 4 nitrogen and oxygen atoms in total. The molecule has 1 aliphatic carbocycles. The molecule has 0 aliphatic heterocycles. The normalized spacial score (nSPS) is 16.6. The summed E-state index contributed by atoms with van der Waals surface area (Å²) >= 11 is 7.85. The maximum absolute atomic E-state index is 9.30. The maximum atomic E-state index is 9.30. The van der Waals surface area contributed by atoms with Crippen LogP contribution in [-0.2, 0) is 12.8 Å². The SMILES string of the molecule is CC1CCc2c(sc3nc(Cl)nc(Nc4ccccc4C#N)c23)C1. The Bertz CT molecular complexity index is 973. The first-order valence-corrected chi connectivity index (χ1v) is 9.09. The summed E-state index contributed by atoms with van der Waals surface area (Å²) < 4.78 is 0. The smallest absolute Gasteiger partial charge is 0.225 e. The Kier molecular flexibility index (Phi) is 3.87. The Hall–Kier alpha value is -2.16. The minimum atomic E-state index is 0.228. The largest absolute Gasteiger partial charge is 0.338 e. The lowest BCUT2D eigenvalue weighted by Crippen LogP contribution is -2.09. The van der Waals surface area contributed by atoms with Crippen LogP contribution in [0.1, 0.15) is 29.3 Å². The van der Waals surface area contributed by atoms with E-state index in [1.807, 2.05) is 18.2 Å². The average molecular weight is 355 g/mol. The van der Waals surface area contributed by atoms with E-state index in [0.717, 1.165) is 28.7 Å². The second-order valence-electron chi connectivity index (χ2n) is 6.16. The van der Waals surface area contributed by atoms with Gasteiger partial charge in [-0.3, -0.25) is 0 Å². The number of aryl methyl sites for hydroxylation is 1. The van der Waals surface area contributed by atoms with Crippen LogP contribution in [0.3, 0.4) is 0 Å². The molecule has 1 aliphatic rings. The molecule has 6 heteroatoms. The van der Waals surface area contributed by atoms with Crippen molar-refractivity contribution in [3.05, 3.63) is 45.6 Å². The van der Waals surface area contributed by atoms with Gasteiger partial charge in [-0.2, -0.15) is 10.2 Å². The molecule has 3 aromatic rings. The maximum Gasteiger partial charge on any atom is 0.225 e. The summed E-state index contributed by atoms with van der Waals surface area (Å²) in [5.74, 6) is 1.39. The molecular weight excluding hydrogens is 340 g/mol. The fourth-order valence-corrected chi connectivity index (χ4v) is 4.83. The van der Waals surface area contributed by atoms with Crippen molar-refractivity contribution in [2.24, 2.45) is 5.92 Å². The number of hydrogen-bond donors (Lipinski definition) is 1. The molecule has 0 amide bonds. The van der Waals surface area contributed by atoms with Crippen molar-refractivity contribution in [2.75, 3.05) is 5.32 Å². The molecule has 0 radical (unpaired) electrons. The number of para-hydroxylation sites is 1. The Morgan fingerprint density at radius 2 is 2.17 bits per heavy atom. The van der Waals surface area contributed by atoms with Crippen molar-refractivity contribution in [3.63, 3.8) is 0 Å². The molecular formula is C18H15ClN4S. The number of nitrogens with one attached hydrogen (secondary N) is 1. The first-order valence-electron chi connectivity index (χ1n) is 7.89. The van der Waals surface area contributed by atoms with Crippen molar-refractivity contribution in [1.29, 1.82) is 5.26 Å². The molecule has 1 unspecified atom stereocenters. The van der Waals surface area contributed by atoms with E-state index in [1.165, 1.54) is 16.9 Å². The van der Waals surface area contributed by atoms with Crippen molar-refractivity contribution in [2.45, 2.75) is 26.2 Å². The van der Waals surface area contributed by atoms with Crippen LogP contribution in [0.5, 0.6) is 0 Å². The van der Waals surface area contributed by atoms with E-state index in [9.17, 15) is 5.26 Å². The van der Waals surface area contributed by atoms with E-state index >= 15 is 0 Å². The van der Waals surface area contributed by atoms with E-state index < -0.39 is 0 Å². The third-order valence-corrected chi connectivity index (χ3v) is 5.75. The van der Waals surface area contributed by atoms with Crippen molar-refractivity contribution in [3.8, 4) is 6.07 Å². The Morgan fingerprint density at radius 1 is 1.33 bits per heavy atom. The second-order valence-corrected chi connectivity index (χ2v) is 7.58. The van der Waals surface area contributed by atoms with E-state index in [0.29, 0.717) is 17.3 Å². The van der Waals surface area contributed by atoms with Gasteiger partial charge in [0.2, 0.25) is 5.28 Å². The lowest BCUT2D eigenvalue weighted by Gasteiger charge is -2.18. The molecule has 1 N–H and O–H groups in total. The summed E-state index contributed by atoms with van der Waals surface area (Å²) in [6.07, 6.45) is 3.30. The summed E-state index contributed by atoms with van der Waals surface area (Å²) in [5, 5.41) is 13.9. The fraction of sp³-hybridized carbons (Fsp3) is 0.278. The van der Waals surface area contributed by atoms with Crippen LogP contribution in [0.4, 0.5) is 11.5 Å². The molecule has 120 valence electrons. The van der Waals surface area contributed by atoms with Gasteiger partial charge < -0.3 is 5.32 Å². The number of aromatic nitrogens is 2. The predicted molar refractivity (Wildman–Crippen MR) is 98.1 cm³/mol. The highest BCUT2D eigenvalue weighted by Crippen LogP contribution is 2.41. The quantitative estimate of drug-likeness (QED) is 0.651. The minimum absolute atomic E-state index is 0.228. The molecule has 4 rings (SSSR count). The molecule has 0 saturated heterocycles. The number of nitriles is 1. The lowest BCUT2D eigenvalue weighted by molar-refractivity contribution is 0.509. The summed E-state index contributed by atoms with van der Waals surface area (Å²) in [4.78, 5) is 11.1. The second kappa shape index (κ2) is 6.04. The van der Waals surface area contributed by atoms with Crippen LogP contribution in [0.2, 0.25) is 5.28 Å². The van der Waals surface area contributed by atoms with Crippen LogP contribution in [-0.4, -0.2) is 9.97 Å². The zero-order valence-electron chi connectivity index (χ0n) is 13.1. The van der Waals surface area contributed by atoms with Gasteiger partial charge in [0, 0.05) is 4.88 Å². The topological polar surface area (TPSA) is 61.6 Å². The van der Waals surface area contributed by atoms with Crippen LogP contribution in [0, 0.1) is 17.2 Å². The molecule has 2 heterocycles. The first-order chi connectivity index (χ1) is 11.7. The molecule has 2 aromatic heterocycles. The number of nitrogens with zero attached hydrogens (tertiary/aromatic N) is 3. The number of benzene rings is 1. The number of halogens is 1. The molecule has 1 atom stereocenters. The van der Waals surface area contributed by atoms with Gasteiger partial charge in [0.1, 0.15) is 16.7 Å². The fourth-order valence-electron chi connectivity index (χ4n) is 3.22. The van der Waals surface area contributed by atoms with Gasteiger partial charge in [-0.1, -0.05) is 19.1 Å². The van der Waals surface area contributed by atoms with E-state index in [-0.39, 0.29) is 5.28 Å². The summed E-state index contributed by atoms with van der Waals surface area (Å²) in [6.45, 7) is 2.29. The number of fused-ring (bicyclic) bond motifs is 3. The Morgan fingerprint density at radius 3 is 3.00 bits per heavy atom. The number of rotatable bonds is 2. The lowest BCUT2D eigenvalue weighted by atomic mass is 9.89. The number of anilines is 2. The highest BCUT2D eigenvalue weighted by Gasteiger charge is 2.24. The zero-order chi connectivity index (χ0) is 16.7. The van der Waals surface area contributed by atoms with Crippen molar-refractivity contribution >= 4 is 44.7 Å². The van der Waals surface area contributed by atoms with Gasteiger partial charge >= 0.3 is 0 Å². The highest BCUT2D eigenvalue weighted by molar-refractivity contribution is 7.19. The van der Waals surface area contributed by atoms with E-state index in [1.54, 1.807) is 17.4 Å². The van der Waals surface area contributed by atoms with Crippen LogP contribution >= 0.6 is 22.9 Å². The van der Waals surface area contributed by atoms with Crippen LogP contribution < -0.4 is 5.32 Å². The molecule has 0 spiro atoms. The van der Waals surface area contributed by atoms with E-state index in [2.05, 4.69) is 28.3 Å². The van der Waals surface area contributed by atoms with Gasteiger partial charge in [-0.25, -0.2) is 4.98 Å².